The van der Waals surface area contributed by atoms with E-state index in [0.717, 1.165) is 29.0 Å². The van der Waals surface area contributed by atoms with E-state index in [9.17, 15) is 14.7 Å². The van der Waals surface area contributed by atoms with Gasteiger partial charge in [0.05, 0.1) is 17.9 Å². The highest BCUT2D eigenvalue weighted by atomic mass is 16.5. The van der Waals surface area contributed by atoms with Crippen LogP contribution in [-0.4, -0.2) is 58.0 Å². The molecule has 1 aromatic heterocycles. The van der Waals surface area contributed by atoms with E-state index in [4.69, 9.17) is 4.74 Å². The Kier molecular flexibility index (Phi) is 6.26. The Morgan fingerprint density at radius 3 is 2.61 bits per heavy atom. The predicted molar refractivity (Wildman–Crippen MR) is 137 cm³/mol. The first-order chi connectivity index (χ1) is 17.3. The van der Waals surface area contributed by atoms with Gasteiger partial charge in [0.2, 0.25) is 0 Å². The number of carbonyl (C=O) groups excluding carboxylic acids is 2. The van der Waals surface area contributed by atoms with Gasteiger partial charge in [-0.05, 0) is 54.8 Å². The van der Waals surface area contributed by atoms with Gasteiger partial charge in [-0.2, -0.15) is 0 Å². The molecule has 8 nitrogen and oxygen atoms in total. The number of hydrogen-bond donors (Lipinski definition) is 1. The van der Waals surface area contributed by atoms with Crippen LogP contribution in [0.25, 0.3) is 5.76 Å². The predicted octanol–water partition coefficient (Wildman–Crippen LogP) is 3.78. The Labute approximate surface area is 210 Å². The smallest absolute Gasteiger partial charge is 0.295 e. The maximum absolute atomic E-state index is 13.3. The topological polar surface area (TPSA) is 87.9 Å². The van der Waals surface area contributed by atoms with E-state index >= 15 is 0 Å². The van der Waals surface area contributed by atoms with Gasteiger partial charge in [-0.25, -0.2) is 4.98 Å². The van der Waals surface area contributed by atoms with Gasteiger partial charge < -0.3 is 24.2 Å². The summed E-state index contributed by atoms with van der Waals surface area (Å²) in [4.78, 5) is 34.1. The molecular formula is C28H30N4O4. The number of imidazole rings is 1. The van der Waals surface area contributed by atoms with Gasteiger partial charge in [0, 0.05) is 57.3 Å². The Balaban J connectivity index is 1.53. The molecule has 2 atom stereocenters. The van der Waals surface area contributed by atoms with E-state index in [2.05, 4.69) is 4.98 Å². The highest BCUT2D eigenvalue weighted by molar-refractivity contribution is 6.46. The summed E-state index contributed by atoms with van der Waals surface area (Å²) in [6.07, 6.45) is 6.74. The number of fused-ring (bicyclic) bond motifs is 1. The quantitative estimate of drug-likeness (QED) is 0.311. The van der Waals surface area contributed by atoms with Gasteiger partial charge in [-0.1, -0.05) is 12.1 Å². The van der Waals surface area contributed by atoms with Gasteiger partial charge in [0.15, 0.2) is 0 Å². The maximum Gasteiger partial charge on any atom is 0.295 e. The molecule has 3 aromatic rings. The van der Waals surface area contributed by atoms with Crippen LogP contribution in [0.3, 0.4) is 0 Å². The number of aliphatic hydroxyl groups is 1. The van der Waals surface area contributed by atoms with Crippen molar-refractivity contribution >= 4 is 23.1 Å². The van der Waals surface area contributed by atoms with Gasteiger partial charge in [-0.3, -0.25) is 9.59 Å². The monoisotopic (exact) mass is 486 g/mol. The second-order valence-corrected chi connectivity index (χ2v) is 9.59. The van der Waals surface area contributed by atoms with Crippen molar-refractivity contribution in [1.82, 2.24) is 14.5 Å². The van der Waals surface area contributed by atoms with Crippen molar-refractivity contribution in [2.75, 3.05) is 25.5 Å². The Hall–Kier alpha value is -4.07. The highest BCUT2D eigenvalue weighted by Gasteiger charge is 2.45. The van der Waals surface area contributed by atoms with E-state index < -0.39 is 17.7 Å². The normalized spacial score (nSPS) is 20.5. The third-order valence-electron chi connectivity index (χ3n) is 6.81. The minimum atomic E-state index is -0.674. The fraction of sp³-hybridized carbons (Fsp3) is 0.321. The van der Waals surface area contributed by atoms with Crippen molar-refractivity contribution in [3.63, 3.8) is 0 Å². The Bertz CT molecular complexity index is 1310. The lowest BCUT2D eigenvalue weighted by Crippen LogP contribution is -2.31. The molecule has 186 valence electrons. The van der Waals surface area contributed by atoms with Crippen molar-refractivity contribution < 1.29 is 19.4 Å². The summed E-state index contributed by atoms with van der Waals surface area (Å²) in [7, 11) is 3.91. The molecule has 5 rings (SSSR count). The van der Waals surface area contributed by atoms with Gasteiger partial charge >= 0.3 is 0 Å². The van der Waals surface area contributed by atoms with Crippen LogP contribution in [0.2, 0.25) is 0 Å². The number of nitrogens with zero attached hydrogens (tertiary/aromatic N) is 4. The number of anilines is 1. The zero-order chi connectivity index (χ0) is 25.4. The first-order valence-electron chi connectivity index (χ1n) is 12.1. The van der Waals surface area contributed by atoms with Gasteiger partial charge in [-0.15, -0.1) is 0 Å². The SMILES string of the molecule is C[C@@H]1Cc2cc(/C(O)=C3\C(=O)C(=O)N(CCCn4ccnc4)[C@@H]3c3ccc(N(C)C)cc3)ccc2O1. The Morgan fingerprint density at radius 1 is 1.14 bits per heavy atom. The first-order valence-corrected chi connectivity index (χ1v) is 12.1. The molecule has 36 heavy (non-hydrogen) atoms. The standard InChI is InChI=1S/C28H30N4O4/c1-18-15-21-16-20(7-10-23(21)36-18)26(33)24-25(19-5-8-22(9-6-19)30(2)3)32(28(35)27(24)34)13-4-12-31-14-11-29-17-31/h5-11,14,16-18,25,33H,4,12-13,15H2,1-3H3/b26-24+/t18-,25-/m1/s1. The summed E-state index contributed by atoms with van der Waals surface area (Å²) in [6, 6.07) is 12.5. The fourth-order valence-corrected chi connectivity index (χ4v) is 4.98. The average Bonchev–Trinajstić information content (AvgIpc) is 3.57. The van der Waals surface area contributed by atoms with Crippen molar-refractivity contribution in [2.24, 2.45) is 0 Å². The number of aryl methyl sites for hydroxylation is 1. The molecule has 1 N–H and O–H groups in total. The van der Waals surface area contributed by atoms with Crippen LogP contribution in [-0.2, 0) is 22.6 Å². The van der Waals surface area contributed by atoms with E-state index in [1.807, 2.05) is 73.1 Å². The molecule has 8 heteroatoms. The lowest BCUT2D eigenvalue weighted by molar-refractivity contribution is -0.139. The lowest BCUT2D eigenvalue weighted by Gasteiger charge is -2.26. The van der Waals surface area contributed by atoms with Crippen LogP contribution in [0.1, 0.15) is 36.1 Å². The van der Waals surface area contributed by atoms with Crippen molar-refractivity contribution in [1.29, 1.82) is 0 Å². The zero-order valence-corrected chi connectivity index (χ0v) is 20.7. The summed E-state index contributed by atoms with van der Waals surface area (Å²) in [5.74, 6) is -0.631. The molecule has 1 saturated heterocycles. The van der Waals surface area contributed by atoms with Crippen LogP contribution in [0.15, 0.2) is 66.8 Å². The summed E-state index contributed by atoms with van der Waals surface area (Å²) in [5.41, 5.74) is 3.39. The number of Topliss-reactive ketones (excluding diaryl/α,β-unsaturated/α-hetero) is 1. The third kappa shape index (κ3) is 4.34. The second kappa shape index (κ2) is 9.53. The maximum atomic E-state index is 13.3. The Morgan fingerprint density at radius 2 is 1.92 bits per heavy atom. The summed E-state index contributed by atoms with van der Waals surface area (Å²) in [6.45, 7) is 3.03. The molecule has 0 spiro atoms. The van der Waals surface area contributed by atoms with E-state index in [1.54, 1.807) is 23.5 Å². The number of benzene rings is 2. The second-order valence-electron chi connectivity index (χ2n) is 9.59. The number of amides is 1. The van der Waals surface area contributed by atoms with Crippen LogP contribution in [0, 0.1) is 0 Å². The van der Waals surface area contributed by atoms with Crippen LogP contribution in [0.4, 0.5) is 5.69 Å². The molecule has 0 bridgehead atoms. The van der Waals surface area contributed by atoms with Crippen LogP contribution < -0.4 is 9.64 Å². The number of ether oxygens (including phenoxy) is 1. The van der Waals surface area contributed by atoms with E-state index in [0.29, 0.717) is 25.1 Å². The number of carbonyl (C=O) groups is 2. The molecule has 2 aliphatic rings. The zero-order valence-electron chi connectivity index (χ0n) is 20.7. The molecule has 2 aromatic carbocycles. The third-order valence-corrected chi connectivity index (χ3v) is 6.81. The molecule has 3 heterocycles. The highest BCUT2D eigenvalue weighted by Crippen LogP contribution is 2.41. The van der Waals surface area contributed by atoms with Crippen molar-refractivity contribution in [3.8, 4) is 5.75 Å². The number of rotatable bonds is 7. The molecule has 2 aliphatic heterocycles. The number of likely N-dealkylation sites (tertiary alicyclic amines) is 1. The average molecular weight is 487 g/mol. The molecule has 0 saturated carbocycles. The summed E-state index contributed by atoms with van der Waals surface area (Å²) >= 11 is 0. The van der Waals surface area contributed by atoms with E-state index in [1.165, 1.54) is 0 Å². The number of aromatic nitrogens is 2. The fourth-order valence-electron chi connectivity index (χ4n) is 4.98. The lowest BCUT2D eigenvalue weighted by atomic mass is 9.94. The van der Waals surface area contributed by atoms with Crippen molar-refractivity contribution in [3.05, 3.63) is 83.4 Å². The number of hydrogen-bond acceptors (Lipinski definition) is 6. The number of aliphatic hydroxyl groups excluding tert-OH is 1. The molecule has 0 unspecified atom stereocenters. The van der Waals surface area contributed by atoms with Gasteiger partial charge in [0.1, 0.15) is 17.6 Å². The summed E-state index contributed by atoms with van der Waals surface area (Å²) < 4.78 is 7.72. The molecular weight excluding hydrogens is 456 g/mol. The summed E-state index contributed by atoms with van der Waals surface area (Å²) in [5, 5.41) is 11.4. The molecule has 1 amide bonds. The molecule has 1 fully saturated rings. The van der Waals surface area contributed by atoms with Gasteiger partial charge in [0.25, 0.3) is 11.7 Å². The minimum absolute atomic E-state index is 0.0636. The first kappa shape index (κ1) is 23.7. The van der Waals surface area contributed by atoms with Crippen molar-refractivity contribution in [2.45, 2.75) is 38.5 Å². The van der Waals surface area contributed by atoms with Crippen LogP contribution >= 0.6 is 0 Å². The van der Waals surface area contributed by atoms with Crippen LogP contribution in [0.5, 0.6) is 5.75 Å². The molecule has 0 radical (unpaired) electrons. The number of ketones is 1. The molecule has 0 aliphatic carbocycles. The van der Waals surface area contributed by atoms with E-state index in [-0.39, 0.29) is 17.4 Å². The largest absolute Gasteiger partial charge is 0.507 e. The minimum Gasteiger partial charge on any atom is -0.507 e.